The van der Waals surface area contributed by atoms with E-state index in [1.807, 2.05) is 0 Å². The van der Waals surface area contributed by atoms with E-state index in [2.05, 4.69) is 4.52 Å². The normalized spacial score (nSPS) is 13.2. The quantitative estimate of drug-likeness (QED) is 0.700. The van der Waals surface area contributed by atoms with Crippen molar-refractivity contribution in [1.82, 2.24) is 0 Å². The van der Waals surface area contributed by atoms with Crippen LogP contribution in [0.25, 0.3) is 0 Å². The zero-order valence-electron chi connectivity index (χ0n) is 5.82. The van der Waals surface area contributed by atoms with Gasteiger partial charge in [0.2, 0.25) is 0 Å². The van der Waals surface area contributed by atoms with Crippen molar-refractivity contribution in [1.29, 1.82) is 0 Å². The van der Waals surface area contributed by atoms with Crippen LogP contribution in [0.2, 0.25) is 0 Å². The first-order valence-corrected chi connectivity index (χ1v) is 4.43. The van der Waals surface area contributed by atoms with Gasteiger partial charge in [-0.1, -0.05) is 0 Å². The van der Waals surface area contributed by atoms with Crippen molar-refractivity contribution >= 4 is 8.25 Å². The summed E-state index contributed by atoms with van der Waals surface area (Å²) in [5, 5.41) is 0. The lowest BCUT2D eigenvalue weighted by Crippen LogP contribution is -1.90. The Hall–Kier alpha value is -0.570. The minimum atomic E-state index is -2.78. The summed E-state index contributed by atoms with van der Waals surface area (Å²) in [5.41, 5.74) is 0. The molecule has 0 saturated heterocycles. The van der Waals surface area contributed by atoms with Crippen LogP contribution in [0.4, 0.5) is 0 Å². The third kappa shape index (κ3) is 3.37. The topological polar surface area (TPSA) is 59.7 Å². The van der Waals surface area contributed by atoms with E-state index in [0.717, 1.165) is 5.76 Å². The number of rotatable bonds is 4. The number of hydrogen-bond acceptors (Lipinski definition) is 3. The van der Waals surface area contributed by atoms with Gasteiger partial charge in [0.1, 0.15) is 5.76 Å². The SMILES string of the molecule is O=[PH](O)OCCc1ccco1. The summed E-state index contributed by atoms with van der Waals surface area (Å²) < 4.78 is 19.5. The fourth-order valence-electron chi connectivity index (χ4n) is 0.694. The molecule has 0 aliphatic carbocycles. The second-order valence-corrected chi connectivity index (χ2v) is 2.76. The molecule has 1 N–H and O–H groups in total. The Bertz CT molecular complexity index is 218. The van der Waals surface area contributed by atoms with Gasteiger partial charge in [-0.2, -0.15) is 0 Å². The smallest absolute Gasteiger partial charge is 0.316 e. The molecule has 0 saturated carbocycles. The minimum absolute atomic E-state index is 0.224. The molecule has 62 valence electrons. The van der Waals surface area contributed by atoms with E-state index in [0.29, 0.717) is 6.42 Å². The maximum absolute atomic E-state index is 10.1. The van der Waals surface area contributed by atoms with Crippen molar-refractivity contribution in [2.24, 2.45) is 0 Å². The predicted octanol–water partition coefficient (Wildman–Crippen LogP) is 1.22. The molecule has 0 amide bonds. The summed E-state index contributed by atoms with van der Waals surface area (Å²) in [4.78, 5) is 8.27. The standard InChI is InChI=1S/C6H9O4P/c7-11(8)10-5-3-6-2-1-4-9-6/h1-2,4,11H,3,5H2,(H,7,8). The Labute approximate surface area is 64.7 Å². The van der Waals surface area contributed by atoms with Gasteiger partial charge in [0.25, 0.3) is 0 Å². The van der Waals surface area contributed by atoms with Crippen LogP contribution in [0, 0.1) is 0 Å². The first-order chi connectivity index (χ1) is 5.29. The Morgan fingerprint density at radius 1 is 1.73 bits per heavy atom. The molecular weight excluding hydrogens is 167 g/mol. The molecule has 11 heavy (non-hydrogen) atoms. The van der Waals surface area contributed by atoms with Gasteiger partial charge in [-0.3, -0.25) is 4.57 Å². The van der Waals surface area contributed by atoms with Crippen LogP contribution >= 0.6 is 8.25 Å². The summed E-state index contributed by atoms with van der Waals surface area (Å²) in [6.45, 7) is 0.224. The molecule has 1 unspecified atom stereocenters. The average molecular weight is 176 g/mol. The van der Waals surface area contributed by atoms with Crippen molar-refractivity contribution in [3.8, 4) is 0 Å². The van der Waals surface area contributed by atoms with Crippen molar-refractivity contribution in [3.05, 3.63) is 24.2 Å². The van der Waals surface area contributed by atoms with Crippen molar-refractivity contribution in [2.45, 2.75) is 6.42 Å². The summed E-state index contributed by atoms with van der Waals surface area (Å²) in [6, 6.07) is 3.55. The average Bonchev–Trinajstić information content (AvgIpc) is 2.39. The zero-order chi connectivity index (χ0) is 8.10. The molecule has 0 aromatic carbocycles. The van der Waals surface area contributed by atoms with Crippen LogP contribution in [-0.2, 0) is 15.5 Å². The van der Waals surface area contributed by atoms with E-state index < -0.39 is 8.25 Å². The van der Waals surface area contributed by atoms with Gasteiger partial charge < -0.3 is 13.8 Å². The van der Waals surface area contributed by atoms with E-state index in [9.17, 15) is 4.57 Å². The zero-order valence-corrected chi connectivity index (χ0v) is 6.82. The fourth-order valence-corrected chi connectivity index (χ4v) is 0.970. The highest BCUT2D eigenvalue weighted by Crippen LogP contribution is 2.14. The molecule has 1 aromatic heterocycles. The highest BCUT2D eigenvalue weighted by molar-refractivity contribution is 7.32. The highest BCUT2D eigenvalue weighted by Gasteiger charge is 1.96. The van der Waals surface area contributed by atoms with Gasteiger partial charge in [0.15, 0.2) is 0 Å². The van der Waals surface area contributed by atoms with Crippen LogP contribution in [0.15, 0.2) is 22.8 Å². The van der Waals surface area contributed by atoms with Crippen LogP contribution < -0.4 is 0 Å². The minimum Gasteiger partial charge on any atom is -0.469 e. The van der Waals surface area contributed by atoms with Crippen molar-refractivity contribution in [2.75, 3.05) is 6.61 Å². The lowest BCUT2D eigenvalue weighted by atomic mass is 10.3. The summed E-state index contributed by atoms with van der Waals surface area (Å²) in [7, 11) is -2.78. The molecule has 0 bridgehead atoms. The van der Waals surface area contributed by atoms with Gasteiger partial charge in [0.05, 0.1) is 12.9 Å². The fraction of sp³-hybridized carbons (Fsp3) is 0.333. The van der Waals surface area contributed by atoms with Gasteiger partial charge in [-0.15, -0.1) is 0 Å². The predicted molar refractivity (Wildman–Crippen MR) is 39.6 cm³/mol. The highest BCUT2D eigenvalue weighted by atomic mass is 31.1. The molecule has 0 aliphatic rings. The van der Waals surface area contributed by atoms with Crippen molar-refractivity contribution in [3.63, 3.8) is 0 Å². The van der Waals surface area contributed by atoms with Crippen LogP contribution in [0.3, 0.4) is 0 Å². The molecule has 4 nitrogen and oxygen atoms in total. The Balaban J connectivity index is 2.19. The molecule has 0 radical (unpaired) electrons. The summed E-state index contributed by atoms with van der Waals surface area (Å²) >= 11 is 0. The molecule has 1 heterocycles. The summed E-state index contributed by atoms with van der Waals surface area (Å²) in [6.07, 6.45) is 2.08. The maximum Gasteiger partial charge on any atom is 0.316 e. The summed E-state index contributed by atoms with van der Waals surface area (Å²) in [5.74, 6) is 0.758. The third-order valence-corrected chi connectivity index (χ3v) is 1.61. The number of hydrogen-bond donors (Lipinski definition) is 1. The first-order valence-electron chi connectivity index (χ1n) is 3.17. The second kappa shape index (κ2) is 4.34. The molecule has 5 heteroatoms. The van der Waals surface area contributed by atoms with Gasteiger partial charge in [-0.25, -0.2) is 0 Å². The molecular formula is C6H9O4P. The van der Waals surface area contributed by atoms with E-state index in [1.54, 1.807) is 18.4 Å². The van der Waals surface area contributed by atoms with E-state index in [4.69, 9.17) is 9.31 Å². The van der Waals surface area contributed by atoms with E-state index in [1.165, 1.54) is 0 Å². The molecule has 0 fully saturated rings. The Kier molecular flexibility index (Phi) is 3.36. The lowest BCUT2D eigenvalue weighted by molar-refractivity contribution is 0.277. The third-order valence-electron chi connectivity index (χ3n) is 1.15. The lowest BCUT2D eigenvalue weighted by Gasteiger charge is -1.95. The monoisotopic (exact) mass is 176 g/mol. The molecule has 0 aliphatic heterocycles. The van der Waals surface area contributed by atoms with E-state index in [-0.39, 0.29) is 6.61 Å². The Morgan fingerprint density at radius 3 is 3.09 bits per heavy atom. The number of furan rings is 1. The molecule has 1 atom stereocenters. The first kappa shape index (κ1) is 8.53. The van der Waals surface area contributed by atoms with Crippen LogP contribution in [0.5, 0.6) is 0 Å². The molecule has 1 rings (SSSR count). The molecule has 1 aromatic rings. The largest absolute Gasteiger partial charge is 0.469 e. The second-order valence-electron chi connectivity index (χ2n) is 1.94. The Morgan fingerprint density at radius 2 is 2.55 bits per heavy atom. The van der Waals surface area contributed by atoms with E-state index >= 15 is 0 Å². The van der Waals surface area contributed by atoms with Crippen molar-refractivity contribution < 1.29 is 18.4 Å². The molecule has 0 spiro atoms. The van der Waals surface area contributed by atoms with Gasteiger partial charge >= 0.3 is 8.25 Å². The van der Waals surface area contributed by atoms with Crippen LogP contribution in [-0.4, -0.2) is 11.5 Å². The van der Waals surface area contributed by atoms with Gasteiger partial charge in [0, 0.05) is 6.42 Å². The van der Waals surface area contributed by atoms with Crippen LogP contribution in [0.1, 0.15) is 5.76 Å². The van der Waals surface area contributed by atoms with Gasteiger partial charge in [-0.05, 0) is 12.1 Å². The maximum atomic E-state index is 10.1.